The first-order valence-corrected chi connectivity index (χ1v) is 18.4. The van der Waals surface area contributed by atoms with Crippen LogP contribution in [0.4, 0.5) is 17.1 Å². The monoisotopic (exact) mass is 659 g/mol. The molecule has 0 unspecified atom stereocenters. The number of benzene rings is 7. The van der Waals surface area contributed by atoms with Gasteiger partial charge in [0.2, 0.25) is 0 Å². The maximum atomic E-state index is 2.45. The van der Waals surface area contributed by atoms with E-state index in [9.17, 15) is 0 Å². The fourth-order valence-corrected chi connectivity index (χ4v) is 10.1. The summed E-state index contributed by atoms with van der Waals surface area (Å²) >= 11 is 1.87. The molecule has 1 nitrogen and oxygen atoms in total. The molecule has 2 aliphatic rings. The average Bonchev–Trinajstić information content (AvgIpc) is 3.71. The van der Waals surface area contributed by atoms with Crippen molar-refractivity contribution in [2.45, 2.75) is 38.5 Å². The number of rotatable bonds is 4. The summed E-state index contributed by atoms with van der Waals surface area (Å²) in [6.07, 6.45) is 0. The molecule has 0 saturated heterocycles. The first kappa shape index (κ1) is 29.5. The molecule has 240 valence electrons. The largest absolute Gasteiger partial charge is 0.310 e. The van der Waals surface area contributed by atoms with Crippen molar-refractivity contribution in [2.24, 2.45) is 0 Å². The fourth-order valence-electron chi connectivity index (χ4n) is 9.01. The molecule has 0 N–H and O–H groups in total. The minimum absolute atomic E-state index is 0.0678. The SMILES string of the molecule is CC1(C)c2ccccc2-c2ccc(N(c3ccc(-c4cccc5c4C(C)(C)c4ccccc4-5)cc3)c3ccc4c(c3)sc3ccccc34)cc21. The number of hydrogen-bond donors (Lipinski definition) is 0. The quantitative estimate of drug-likeness (QED) is 0.182. The maximum absolute atomic E-state index is 2.45. The number of fused-ring (bicyclic) bond motifs is 9. The lowest BCUT2D eigenvalue weighted by Gasteiger charge is -2.28. The van der Waals surface area contributed by atoms with Crippen molar-refractivity contribution >= 4 is 48.6 Å². The highest BCUT2D eigenvalue weighted by Gasteiger charge is 2.38. The van der Waals surface area contributed by atoms with Gasteiger partial charge >= 0.3 is 0 Å². The molecule has 0 bridgehead atoms. The third-order valence-corrected chi connectivity index (χ3v) is 12.6. The van der Waals surface area contributed by atoms with Gasteiger partial charge in [0.15, 0.2) is 0 Å². The van der Waals surface area contributed by atoms with Gasteiger partial charge in [-0.1, -0.05) is 137 Å². The van der Waals surface area contributed by atoms with Gasteiger partial charge in [-0.2, -0.15) is 0 Å². The van der Waals surface area contributed by atoms with E-state index < -0.39 is 0 Å². The zero-order valence-electron chi connectivity index (χ0n) is 28.8. The van der Waals surface area contributed by atoms with Crippen LogP contribution in [0.3, 0.4) is 0 Å². The van der Waals surface area contributed by atoms with Gasteiger partial charge in [0.25, 0.3) is 0 Å². The third kappa shape index (κ3) is 4.12. The van der Waals surface area contributed by atoms with E-state index in [1.807, 2.05) is 11.3 Å². The Kier molecular flexibility index (Phi) is 6.21. The van der Waals surface area contributed by atoms with E-state index in [0.717, 1.165) is 5.69 Å². The number of anilines is 3. The summed E-state index contributed by atoms with van der Waals surface area (Å²) in [4.78, 5) is 2.45. The molecule has 0 spiro atoms. The van der Waals surface area contributed by atoms with Crippen LogP contribution in [0.5, 0.6) is 0 Å². The Balaban J connectivity index is 1.13. The van der Waals surface area contributed by atoms with Crippen molar-refractivity contribution < 1.29 is 0 Å². The highest BCUT2D eigenvalue weighted by atomic mass is 32.1. The predicted octanol–water partition coefficient (Wildman–Crippen LogP) is 13.8. The first-order valence-electron chi connectivity index (χ1n) is 17.6. The van der Waals surface area contributed by atoms with Crippen LogP contribution in [0.1, 0.15) is 49.9 Å². The smallest absolute Gasteiger partial charge is 0.0476 e. The molecule has 0 saturated carbocycles. The van der Waals surface area contributed by atoms with E-state index in [0.29, 0.717) is 0 Å². The summed E-state index contributed by atoms with van der Waals surface area (Å²) in [6, 6.07) is 56.7. The zero-order chi connectivity index (χ0) is 33.8. The molecule has 10 rings (SSSR count). The van der Waals surface area contributed by atoms with E-state index in [1.165, 1.54) is 87.2 Å². The Morgan fingerprint density at radius 2 is 0.960 bits per heavy atom. The van der Waals surface area contributed by atoms with Crippen molar-refractivity contribution in [3.63, 3.8) is 0 Å². The highest BCUT2D eigenvalue weighted by molar-refractivity contribution is 7.25. The Morgan fingerprint density at radius 3 is 1.76 bits per heavy atom. The molecule has 0 amide bonds. The first-order chi connectivity index (χ1) is 24.3. The van der Waals surface area contributed by atoms with Crippen molar-refractivity contribution in [3.8, 4) is 33.4 Å². The van der Waals surface area contributed by atoms with Crippen LogP contribution in [0, 0.1) is 0 Å². The fraction of sp³-hybridized carbons (Fsp3) is 0.125. The molecular weight excluding hydrogens is 623 g/mol. The van der Waals surface area contributed by atoms with Crippen LogP contribution in [0.25, 0.3) is 53.6 Å². The Bertz CT molecular complexity index is 2650. The van der Waals surface area contributed by atoms with Crippen molar-refractivity contribution in [2.75, 3.05) is 4.90 Å². The van der Waals surface area contributed by atoms with Crippen LogP contribution in [-0.4, -0.2) is 0 Å². The van der Waals surface area contributed by atoms with E-state index in [2.05, 4.69) is 184 Å². The summed E-state index contributed by atoms with van der Waals surface area (Å²) in [5.74, 6) is 0. The van der Waals surface area contributed by atoms with Crippen LogP contribution >= 0.6 is 11.3 Å². The van der Waals surface area contributed by atoms with Crippen LogP contribution < -0.4 is 4.90 Å². The molecule has 1 aromatic heterocycles. The van der Waals surface area contributed by atoms with Gasteiger partial charge in [-0.3, -0.25) is 0 Å². The molecule has 2 heteroatoms. The average molecular weight is 660 g/mol. The van der Waals surface area contributed by atoms with Crippen LogP contribution in [0.15, 0.2) is 152 Å². The van der Waals surface area contributed by atoms with E-state index in [4.69, 9.17) is 0 Å². The molecule has 0 radical (unpaired) electrons. The second-order valence-electron chi connectivity index (χ2n) is 15.0. The highest BCUT2D eigenvalue weighted by Crippen LogP contribution is 2.53. The van der Waals surface area contributed by atoms with Crippen LogP contribution in [0.2, 0.25) is 0 Å². The standard InChI is InChI=1S/C48H37NS/c1-47(2)41-17-8-5-12-35(41)37-26-24-32(28-43(37)47)49(33-25-27-39-38-14-7-10-19-44(38)50-45(39)29-33)31-22-20-30(21-23-31)34-15-11-16-40-36-13-6-9-18-42(36)48(3,4)46(34)40/h5-29H,1-4H3. The van der Waals surface area contributed by atoms with Gasteiger partial charge in [0, 0.05) is 48.1 Å². The number of hydrogen-bond acceptors (Lipinski definition) is 2. The normalized spacial score (nSPS) is 14.7. The molecule has 0 fully saturated rings. The second kappa shape index (κ2) is 10.5. The number of thiophene rings is 1. The summed E-state index contributed by atoms with van der Waals surface area (Å²) in [6.45, 7) is 9.47. The molecular formula is C48H37NS. The minimum Gasteiger partial charge on any atom is -0.310 e. The predicted molar refractivity (Wildman–Crippen MR) is 215 cm³/mol. The molecule has 7 aromatic carbocycles. The van der Waals surface area contributed by atoms with Gasteiger partial charge in [0.1, 0.15) is 0 Å². The van der Waals surface area contributed by atoms with Crippen LogP contribution in [-0.2, 0) is 10.8 Å². The zero-order valence-corrected chi connectivity index (χ0v) is 29.6. The third-order valence-electron chi connectivity index (χ3n) is 11.5. The van der Waals surface area contributed by atoms with Gasteiger partial charge in [0.05, 0.1) is 0 Å². The van der Waals surface area contributed by atoms with Crippen molar-refractivity contribution in [1.82, 2.24) is 0 Å². The lowest BCUT2D eigenvalue weighted by atomic mass is 9.79. The lowest BCUT2D eigenvalue weighted by molar-refractivity contribution is 0.660. The van der Waals surface area contributed by atoms with E-state index in [1.54, 1.807) is 0 Å². The van der Waals surface area contributed by atoms with Gasteiger partial charge < -0.3 is 4.90 Å². The van der Waals surface area contributed by atoms with Gasteiger partial charge in [-0.15, -0.1) is 11.3 Å². The van der Waals surface area contributed by atoms with E-state index >= 15 is 0 Å². The van der Waals surface area contributed by atoms with Gasteiger partial charge in [-0.05, 0) is 98.1 Å². The van der Waals surface area contributed by atoms with Crippen molar-refractivity contribution in [1.29, 1.82) is 0 Å². The molecule has 50 heavy (non-hydrogen) atoms. The Morgan fingerprint density at radius 1 is 0.400 bits per heavy atom. The summed E-state index contributed by atoms with van der Waals surface area (Å²) < 4.78 is 2.63. The molecule has 2 aliphatic carbocycles. The molecule has 1 heterocycles. The van der Waals surface area contributed by atoms with Gasteiger partial charge in [-0.25, -0.2) is 0 Å². The minimum atomic E-state index is -0.0784. The molecule has 0 aliphatic heterocycles. The molecule has 0 atom stereocenters. The maximum Gasteiger partial charge on any atom is 0.0476 e. The summed E-state index contributed by atoms with van der Waals surface area (Å²) in [5.41, 5.74) is 16.9. The van der Waals surface area contributed by atoms with Crippen molar-refractivity contribution in [3.05, 3.63) is 174 Å². The lowest BCUT2D eigenvalue weighted by Crippen LogP contribution is -2.16. The number of nitrogens with zero attached hydrogens (tertiary/aromatic N) is 1. The topological polar surface area (TPSA) is 3.24 Å². The van der Waals surface area contributed by atoms with E-state index in [-0.39, 0.29) is 10.8 Å². The summed E-state index contributed by atoms with van der Waals surface area (Å²) in [5, 5.41) is 2.64. The Labute approximate surface area is 298 Å². The summed E-state index contributed by atoms with van der Waals surface area (Å²) in [7, 11) is 0. The second-order valence-corrected chi connectivity index (χ2v) is 16.0. The molecule has 8 aromatic rings. The Hall–Kier alpha value is -5.44.